The Morgan fingerprint density at radius 1 is 1.17 bits per heavy atom. The number of hydrogen-bond acceptors (Lipinski definition) is 6. The third kappa shape index (κ3) is 6.16. The zero-order valence-corrected chi connectivity index (χ0v) is 20.8. The number of pyridine rings is 1. The average Bonchev–Trinajstić information content (AvgIpc) is 2.84. The summed E-state index contributed by atoms with van der Waals surface area (Å²) in [7, 11) is 1.18. The highest BCUT2D eigenvalue weighted by Gasteiger charge is 2.36. The summed E-state index contributed by atoms with van der Waals surface area (Å²) in [6, 6.07) is 4.57. The summed E-state index contributed by atoms with van der Waals surface area (Å²) in [4.78, 5) is 31.4. The molecule has 1 heterocycles. The van der Waals surface area contributed by atoms with Crippen LogP contribution in [0.25, 0.3) is 0 Å². The van der Waals surface area contributed by atoms with Crippen LogP contribution >= 0.6 is 0 Å². The van der Waals surface area contributed by atoms with Crippen LogP contribution < -0.4 is 9.64 Å². The number of alkyl halides is 3. The maximum atomic E-state index is 13.6. The highest BCUT2D eigenvalue weighted by Crippen LogP contribution is 2.39. The summed E-state index contributed by atoms with van der Waals surface area (Å²) < 4.78 is 51.0. The molecule has 1 amide bonds. The van der Waals surface area contributed by atoms with Gasteiger partial charge in [0.15, 0.2) is 0 Å². The standard InChI is InChI=1S/C26H31F3N2O5/c1-15(2)31(24(33)18-7-5-16(3)6-8-18)22-10-9-19(12-20(22)25(34)35-4)36-23-21(26(27,28)29)11-17(14-32)13-30-23/h9-13,15-16,18,32H,5-8,14H2,1-4H3. The first-order valence-electron chi connectivity index (χ1n) is 11.9. The van der Waals surface area contributed by atoms with Crippen LogP contribution in [0.5, 0.6) is 11.6 Å². The molecule has 0 saturated heterocycles. The number of anilines is 1. The number of benzene rings is 1. The third-order valence-corrected chi connectivity index (χ3v) is 6.36. The van der Waals surface area contributed by atoms with Gasteiger partial charge >= 0.3 is 12.1 Å². The van der Waals surface area contributed by atoms with Crippen LogP contribution in [-0.2, 0) is 22.3 Å². The molecular formula is C26H31F3N2O5. The van der Waals surface area contributed by atoms with E-state index in [0.29, 0.717) is 11.6 Å². The lowest BCUT2D eigenvalue weighted by molar-refractivity contribution is -0.139. The molecule has 1 aromatic heterocycles. The Balaban J connectivity index is 2.00. The van der Waals surface area contributed by atoms with Crippen molar-refractivity contribution >= 4 is 17.6 Å². The predicted octanol–water partition coefficient (Wildman–Crippen LogP) is 5.74. The molecule has 0 aliphatic heterocycles. The van der Waals surface area contributed by atoms with E-state index < -0.39 is 30.2 Å². The van der Waals surface area contributed by atoms with Gasteiger partial charge in [-0.15, -0.1) is 0 Å². The van der Waals surface area contributed by atoms with Gasteiger partial charge in [-0.3, -0.25) is 4.79 Å². The molecule has 0 unspecified atom stereocenters. The minimum absolute atomic E-state index is 0.0123. The summed E-state index contributed by atoms with van der Waals surface area (Å²) in [5.74, 6) is -1.28. The Labute approximate surface area is 208 Å². The second-order valence-corrected chi connectivity index (χ2v) is 9.38. The van der Waals surface area contributed by atoms with Crippen LogP contribution in [0.2, 0.25) is 0 Å². The molecule has 196 valence electrons. The molecular weight excluding hydrogens is 477 g/mol. The predicted molar refractivity (Wildman–Crippen MR) is 127 cm³/mol. The second-order valence-electron chi connectivity index (χ2n) is 9.38. The number of aliphatic hydroxyl groups excluding tert-OH is 1. The lowest BCUT2D eigenvalue weighted by Gasteiger charge is -2.34. The van der Waals surface area contributed by atoms with Crippen molar-refractivity contribution in [1.82, 2.24) is 4.98 Å². The van der Waals surface area contributed by atoms with Crippen molar-refractivity contribution in [3.05, 3.63) is 47.2 Å². The number of carbonyl (C=O) groups excluding carboxylic acids is 2. The van der Waals surface area contributed by atoms with E-state index in [4.69, 9.17) is 9.47 Å². The first-order chi connectivity index (χ1) is 17.0. The van der Waals surface area contributed by atoms with Crippen molar-refractivity contribution in [2.24, 2.45) is 11.8 Å². The monoisotopic (exact) mass is 508 g/mol. The van der Waals surface area contributed by atoms with Gasteiger partial charge in [-0.25, -0.2) is 9.78 Å². The summed E-state index contributed by atoms with van der Waals surface area (Å²) in [6.07, 6.45) is -0.298. The number of aromatic nitrogens is 1. The second kappa shape index (κ2) is 11.3. The lowest BCUT2D eigenvalue weighted by atomic mass is 9.82. The molecule has 1 aliphatic carbocycles. The molecule has 1 saturated carbocycles. The van der Waals surface area contributed by atoms with Crippen LogP contribution in [0.15, 0.2) is 30.5 Å². The maximum absolute atomic E-state index is 13.6. The smallest absolute Gasteiger partial charge is 0.421 e. The van der Waals surface area contributed by atoms with Crippen molar-refractivity contribution in [3.63, 3.8) is 0 Å². The SMILES string of the molecule is COC(=O)c1cc(Oc2ncc(CO)cc2C(F)(F)F)ccc1N(C(=O)C1CCC(C)CC1)C(C)C. The molecule has 3 rings (SSSR count). The Bertz CT molecular complexity index is 1100. The minimum atomic E-state index is -4.78. The van der Waals surface area contributed by atoms with Gasteiger partial charge in [0.2, 0.25) is 11.8 Å². The number of esters is 1. The minimum Gasteiger partial charge on any atom is -0.465 e. The van der Waals surface area contributed by atoms with Crippen molar-refractivity contribution in [3.8, 4) is 11.6 Å². The average molecular weight is 509 g/mol. The summed E-state index contributed by atoms with van der Waals surface area (Å²) in [5.41, 5.74) is -0.902. The normalized spacial score (nSPS) is 18.1. The molecule has 36 heavy (non-hydrogen) atoms. The molecule has 1 N–H and O–H groups in total. The van der Waals surface area contributed by atoms with Gasteiger partial charge in [-0.1, -0.05) is 6.92 Å². The zero-order chi connectivity index (χ0) is 26.6. The topological polar surface area (TPSA) is 89.0 Å². The van der Waals surface area contributed by atoms with E-state index >= 15 is 0 Å². The quantitative estimate of drug-likeness (QED) is 0.480. The fourth-order valence-corrected chi connectivity index (χ4v) is 4.40. The third-order valence-electron chi connectivity index (χ3n) is 6.36. The molecule has 1 fully saturated rings. The zero-order valence-electron chi connectivity index (χ0n) is 20.8. The van der Waals surface area contributed by atoms with E-state index in [1.54, 1.807) is 4.90 Å². The maximum Gasteiger partial charge on any atom is 0.421 e. The van der Waals surface area contributed by atoms with Gasteiger partial charge < -0.3 is 19.5 Å². The van der Waals surface area contributed by atoms with E-state index in [1.165, 1.54) is 25.3 Å². The number of ether oxygens (including phenoxy) is 2. The molecule has 0 bridgehead atoms. The van der Waals surface area contributed by atoms with E-state index in [1.807, 2.05) is 13.8 Å². The van der Waals surface area contributed by atoms with Gasteiger partial charge in [-0.2, -0.15) is 13.2 Å². The molecule has 0 spiro atoms. The number of halogens is 3. The molecule has 2 aromatic rings. The van der Waals surface area contributed by atoms with E-state index in [-0.39, 0.29) is 34.7 Å². The Morgan fingerprint density at radius 2 is 1.83 bits per heavy atom. The number of aliphatic hydroxyl groups is 1. The van der Waals surface area contributed by atoms with E-state index in [2.05, 4.69) is 11.9 Å². The Hall–Kier alpha value is -3.14. The molecule has 10 heteroatoms. The Kier molecular flexibility index (Phi) is 8.60. The number of methoxy groups -OCH3 is 1. The number of rotatable bonds is 7. The summed E-state index contributed by atoms with van der Waals surface area (Å²) in [5, 5.41) is 9.18. The van der Waals surface area contributed by atoms with Crippen molar-refractivity contribution in [2.45, 2.75) is 65.3 Å². The number of amides is 1. The number of carbonyl (C=O) groups is 2. The Morgan fingerprint density at radius 3 is 2.39 bits per heavy atom. The molecule has 7 nitrogen and oxygen atoms in total. The van der Waals surface area contributed by atoms with Gasteiger partial charge in [-0.05, 0) is 75.3 Å². The fourth-order valence-electron chi connectivity index (χ4n) is 4.40. The summed E-state index contributed by atoms with van der Waals surface area (Å²) >= 11 is 0. The van der Waals surface area contributed by atoms with Crippen molar-refractivity contribution < 1.29 is 37.3 Å². The van der Waals surface area contributed by atoms with E-state index in [9.17, 15) is 27.9 Å². The largest absolute Gasteiger partial charge is 0.465 e. The molecule has 0 atom stereocenters. The van der Waals surface area contributed by atoms with E-state index in [0.717, 1.165) is 37.9 Å². The van der Waals surface area contributed by atoms with Crippen LogP contribution in [0.3, 0.4) is 0 Å². The number of hydrogen-bond donors (Lipinski definition) is 1. The summed E-state index contributed by atoms with van der Waals surface area (Å²) in [6.45, 7) is 5.20. The first-order valence-corrected chi connectivity index (χ1v) is 11.9. The molecule has 1 aliphatic rings. The van der Waals surface area contributed by atoms with Crippen molar-refractivity contribution in [2.75, 3.05) is 12.0 Å². The highest BCUT2D eigenvalue weighted by molar-refractivity contribution is 6.04. The first kappa shape index (κ1) is 27.4. The van der Waals surface area contributed by atoms with Gasteiger partial charge in [0.05, 0.1) is 25.0 Å². The van der Waals surface area contributed by atoms with Crippen LogP contribution in [0.1, 0.15) is 67.9 Å². The van der Waals surface area contributed by atoms with Crippen molar-refractivity contribution in [1.29, 1.82) is 0 Å². The van der Waals surface area contributed by atoms with Gasteiger partial charge in [0.1, 0.15) is 11.3 Å². The highest BCUT2D eigenvalue weighted by atomic mass is 19.4. The van der Waals surface area contributed by atoms with Crippen LogP contribution in [-0.4, -0.2) is 35.1 Å². The van der Waals surface area contributed by atoms with Gasteiger partial charge in [0.25, 0.3) is 0 Å². The lowest BCUT2D eigenvalue weighted by Crippen LogP contribution is -2.43. The number of nitrogens with zero attached hydrogens (tertiary/aromatic N) is 2. The molecule has 0 radical (unpaired) electrons. The van der Waals surface area contributed by atoms with Crippen LogP contribution in [0.4, 0.5) is 18.9 Å². The molecule has 1 aromatic carbocycles. The fraction of sp³-hybridized carbons (Fsp3) is 0.500. The van der Waals surface area contributed by atoms with Crippen LogP contribution in [0, 0.1) is 11.8 Å². The van der Waals surface area contributed by atoms with Gasteiger partial charge in [0, 0.05) is 18.2 Å².